The molecule has 3 nitrogen and oxygen atoms in total. The molecule has 0 atom stereocenters. The van der Waals surface area contributed by atoms with Crippen LogP contribution in [0.15, 0.2) is 26.5 Å². The van der Waals surface area contributed by atoms with E-state index in [-0.39, 0.29) is 5.78 Å². The van der Waals surface area contributed by atoms with Crippen LogP contribution >= 0.6 is 43.2 Å². The Hall–Kier alpha value is -0.850. The molecule has 1 aromatic carbocycles. The van der Waals surface area contributed by atoms with Gasteiger partial charge in [-0.3, -0.25) is 4.79 Å². The number of ether oxygens (including phenoxy) is 2. The molecule has 1 aromatic heterocycles. The second-order valence-electron chi connectivity index (χ2n) is 4.06. The summed E-state index contributed by atoms with van der Waals surface area (Å²) in [5.41, 5.74) is 1.55. The molecule has 0 saturated heterocycles. The van der Waals surface area contributed by atoms with Crippen molar-refractivity contribution in [1.29, 1.82) is 0 Å². The predicted octanol–water partition coefficient (Wildman–Crippen LogP) is 4.83. The minimum atomic E-state index is -0.0657. The van der Waals surface area contributed by atoms with Gasteiger partial charge >= 0.3 is 0 Å². The van der Waals surface area contributed by atoms with Crippen molar-refractivity contribution < 1.29 is 14.3 Å². The monoisotopic (exact) mass is 418 g/mol. The van der Waals surface area contributed by atoms with E-state index in [9.17, 15) is 4.79 Å². The molecule has 0 saturated carbocycles. The molecule has 1 heterocycles. The van der Waals surface area contributed by atoms with E-state index in [1.807, 2.05) is 13.0 Å². The molecular weight excluding hydrogens is 408 g/mol. The highest BCUT2D eigenvalue weighted by molar-refractivity contribution is 9.11. The molecule has 0 aliphatic rings. The van der Waals surface area contributed by atoms with Gasteiger partial charge in [0, 0.05) is 0 Å². The van der Waals surface area contributed by atoms with Gasteiger partial charge < -0.3 is 9.47 Å². The van der Waals surface area contributed by atoms with Crippen LogP contribution in [0.2, 0.25) is 0 Å². The van der Waals surface area contributed by atoms with Crippen molar-refractivity contribution in [3.63, 3.8) is 0 Å². The molecule has 0 fully saturated rings. The fourth-order valence-electron chi connectivity index (χ4n) is 1.78. The first-order valence-corrected chi connectivity index (χ1v) is 8.11. The van der Waals surface area contributed by atoms with Crippen LogP contribution in [-0.4, -0.2) is 20.0 Å². The third-order valence-corrected chi connectivity index (χ3v) is 5.70. The van der Waals surface area contributed by atoms with E-state index in [1.54, 1.807) is 19.2 Å². The largest absolute Gasteiger partial charge is 0.495 e. The van der Waals surface area contributed by atoms with Gasteiger partial charge in [0.2, 0.25) is 5.78 Å². The highest BCUT2D eigenvalue weighted by Gasteiger charge is 2.21. The lowest BCUT2D eigenvalue weighted by Gasteiger charge is -2.12. The molecule has 0 bridgehead atoms. The summed E-state index contributed by atoms with van der Waals surface area (Å²) in [6, 6.07) is 5.33. The molecular formula is C14H12Br2O3S. The van der Waals surface area contributed by atoms with Crippen LogP contribution in [-0.2, 0) is 0 Å². The number of benzene rings is 1. The number of aryl methyl sites for hydroxylation is 1. The second-order valence-corrected chi connectivity index (χ2v) is 7.22. The SMILES string of the molecule is COc1ccc(C(=O)c2cc(C)c(Br)s2)c(OC)c1Br. The Morgan fingerprint density at radius 1 is 1.20 bits per heavy atom. The van der Waals surface area contributed by atoms with Crippen LogP contribution in [0.4, 0.5) is 0 Å². The van der Waals surface area contributed by atoms with E-state index >= 15 is 0 Å². The average Bonchev–Trinajstić information content (AvgIpc) is 2.77. The van der Waals surface area contributed by atoms with E-state index in [0.717, 1.165) is 9.35 Å². The molecule has 20 heavy (non-hydrogen) atoms. The Balaban J connectivity index is 2.52. The number of rotatable bonds is 4. The quantitative estimate of drug-likeness (QED) is 0.665. The Kier molecular flexibility index (Phi) is 4.88. The van der Waals surface area contributed by atoms with E-state index in [1.165, 1.54) is 18.4 Å². The summed E-state index contributed by atoms with van der Waals surface area (Å²) in [6.07, 6.45) is 0. The first kappa shape index (κ1) is 15.5. The van der Waals surface area contributed by atoms with Crippen molar-refractivity contribution in [3.8, 4) is 11.5 Å². The van der Waals surface area contributed by atoms with Crippen LogP contribution in [0.1, 0.15) is 20.8 Å². The number of carbonyl (C=O) groups is 1. The van der Waals surface area contributed by atoms with Gasteiger partial charge in [0.05, 0.1) is 28.4 Å². The lowest BCUT2D eigenvalue weighted by Crippen LogP contribution is -2.03. The number of thiophene rings is 1. The molecule has 0 spiro atoms. The lowest BCUT2D eigenvalue weighted by molar-refractivity contribution is 0.103. The van der Waals surface area contributed by atoms with Gasteiger partial charge in [-0.1, -0.05) is 0 Å². The van der Waals surface area contributed by atoms with Crippen LogP contribution in [0.5, 0.6) is 11.5 Å². The van der Waals surface area contributed by atoms with Gasteiger partial charge in [0.25, 0.3) is 0 Å². The van der Waals surface area contributed by atoms with Gasteiger partial charge in [-0.25, -0.2) is 0 Å². The summed E-state index contributed by atoms with van der Waals surface area (Å²) in [4.78, 5) is 13.3. The van der Waals surface area contributed by atoms with Gasteiger partial charge in [0.15, 0.2) is 0 Å². The molecule has 0 radical (unpaired) electrons. The first-order valence-electron chi connectivity index (χ1n) is 5.70. The Morgan fingerprint density at radius 2 is 1.90 bits per heavy atom. The van der Waals surface area contributed by atoms with Crippen molar-refractivity contribution >= 4 is 49.0 Å². The molecule has 0 amide bonds. The van der Waals surface area contributed by atoms with Crippen molar-refractivity contribution in [2.24, 2.45) is 0 Å². The maximum Gasteiger partial charge on any atom is 0.206 e. The predicted molar refractivity (Wildman–Crippen MR) is 87.4 cm³/mol. The van der Waals surface area contributed by atoms with Crippen LogP contribution in [0, 0.1) is 6.92 Å². The summed E-state index contributed by atoms with van der Waals surface area (Å²) in [5.74, 6) is 1.04. The zero-order valence-electron chi connectivity index (χ0n) is 11.1. The zero-order chi connectivity index (χ0) is 14.9. The Labute approximate surface area is 138 Å². The van der Waals surface area contributed by atoms with Crippen molar-refractivity contribution in [1.82, 2.24) is 0 Å². The highest BCUT2D eigenvalue weighted by Crippen LogP contribution is 2.39. The normalized spacial score (nSPS) is 10.4. The third-order valence-electron chi connectivity index (χ3n) is 2.81. The molecule has 6 heteroatoms. The minimum Gasteiger partial charge on any atom is -0.495 e. The fraction of sp³-hybridized carbons (Fsp3) is 0.214. The maximum absolute atomic E-state index is 12.6. The second kappa shape index (κ2) is 6.28. The number of halogens is 2. The van der Waals surface area contributed by atoms with Gasteiger partial charge in [-0.15, -0.1) is 11.3 Å². The summed E-state index contributed by atoms with van der Waals surface area (Å²) in [6.45, 7) is 1.96. The number of hydrogen-bond acceptors (Lipinski definition) is 4. The minimum absolute atomic E-state index is 0.0657. The molecule has 2 rings (SSSR count). The standard InChI is InChI=1S/C14H12Br2O3S/c1-7-6-10(20-14(7)16)12(17)8-4-5-9(18-2)11(15)13(8)19-3/h4-6H,1-3H3. The maximum atomic E-state index is 12.6. The van der Waals surface area contributed by atoms with E-state index in [0.29, 0.717) is 26.4 Å². The molecule has 106 valence electrons. The van der Waals surface area contributed by atoms with E-state index in [4.69, 9.17) is 9.47 Å². The molecule has 0 N–H and O–H groups in total. The zero-order valence-corrected chi connectivity index (χ0v) is 15.1. The number of ketones is 1. The summed E-state index contributed by atoms with van der Waals surface area (Å²) >= 11 is 8.26. The summed E-state index contributed by atoms with van der Waals surface area (Å²) < 4.78 is 12.2. The Bertz CT molecular complexity index is 645. The van der Waals surface area contributed by atoms with Gasteiger partial charge in [0.1, 0.15) is 16.0 Å². The molecule has 0 unspecified atom stereocenters. The van der Waals surface area contributed by atoms with Gasteiger partial charge in [-0.2, -0.15) is 0 Å². The molecule has 0 aliphatic heterocycles. The third kappa shape index (κ3) is 2.77. The fourth-order valence-corrected chi connectivity index (χ4v) is 3.94. The smallest absolute Gasteiger partial charge is 0.206 e. The first-order chi connectivity index (χ1) is 9.49. The number of methoxy groups -OCH3 is 2. The van der Waals surface area contributed by atoms with E-state index in [2.05, 4.69) is 31.9 Å². The van der Waals surface area contributed by atoms with Crippen LogP contribution in [0.25, 0.3) is 0 Å². The summed E-state index contributed by atoms with van der Waals surface area (Å²) in [5, 5.41) is 0. The average molecular weight is 420 g/mol. The van der Waals surface area contributed by atoms with E-state index < -0.39 is 0 Å². The summed E-state index contributed by atoms with van der Waals surface area (Å²) in [7, 11) is 3.10. The topological polar surface area (TPSA) is 35.5 Å². The number of carbonyl (C=O) groups excluding carboxylic acids is 1. The van der Waals surface area contributed by atoms with Crippen molar-refractivity contribution in [2.45, 2.75) is 6.92 Å². The van der Waals surface area contributed by atoms with Crippen molar-refractivity contribution in [2.75, 3.05) is 14.2 Å². The van der Waals surface area contributed by atoms with Crippen LogP contribution < -0.4 is 9.47 Å². The van der Waals surface area contributed by atoms with Crippen molar-refractivity contribution in [3.05, 3.63) is 42.5 Å². The number of hydrogen-bond donors (Lipinski definition) is 0. The molecule has 2 aromatic rings. The Morgan fingerprint density at radius 3 is 2.40 bits per heavy atom. The van der Waals surface area contributed by atoms with Gasteiger partial charge in [-0.05, 0) is 62.5 Å². The lowest BCUT2D eigenvalue weighted by atomic mass is 10.1. The highest BCUT2D eigenvalue weighted by atomic mass is 79.9. The van der Waals surface area contributed by atoms with Crippen LogP contribution in [0.3, 0.4) is 0 Å². The molecule has 0 aliphatic carbocycles.